The molecule has 0 fully saturated rings. The summed E-state index contributed by atoms with van der Waals surface area (Å²) in [5.41, 5.74) is 1.21. The zero-order valence-corrected chi connectivity index (χ0v) is 13.7. The SMILES string of the molecule is CCCCCC(C)NCCOCc1cccc(Br)c1. The second-order valence-electron chi connectivity index (χ2n) is 5.03. The van der Waals surface area contributed by atoms with Crippen LogP contribution in [0, 0.1) is 0 Å². The molecule has 1 rings (SSSR count). The van der Waals surface area contributed by atoms with Crippen molar-refractivity contribution < 1.29 is 4.74 Å². The van der Waals surface area contributed by atoms with Crippen LogP contribution >= 0.6 is 15.9 Å². The molecule has 1 N–H and O–H groups in total. The van der Waals surface area contributed by atoms with E-state index in [-0.39, 0.29) is 0 Å². The van der Waals surface area contributed by atoms with Crippen LogP contribution in [-0.2, 0) is 11.3 Å². The molecule has 0 spiro atoms. The van der Waals surface area contributed by atoms with Gasteiger partial charge in [0.25, 0.3) is 0 Å². The van der Waals surface area contributed by atoms with E-state index < -0.39 is 0 Å². The van der Waals surface area contributed by atoms with Gasteiger partial charge in [-0.25, -0.2) is 0 Å². The number of unbranched alkanes of at least 4 members (excludes halogenated alkanes) is 2. The lowest BCUT2D eigenvalue weighted by Gasteiger charge is -2.13. The number of ether oxygens (including phenoxy) is 1. The van der Waals surface area contributed by atoms with Gasteiger partial charge in [0.05, 0.1) is 13.2 Å². The van der Waals surface area contributed by atoms with Crippen molar-refractivity contribution in [3.05, 3.63) is 34.3 Å². The zero-order chi connectivity index (χ0) is 13.9. The standard InChI is InChI=1S/C16H26BrNO/c1-3-4-5-7-14(2)18-10-11-19-13-15-8-6-9-16(17)12-15/h6,8-9,12,14,18H,3-5,7,10-11,13H2,1-2H3. The largest absolute Gasteiger partial charge is 0.375 e. The normalized spacial score (nSPS) is 12.6. The molecule has 0 amide bonds. The lowest BCUT2D eigenvalue weighted by atomic mass is 10.1. The van der Waals surface area contributed by atoms with Crippen molar-refractivity contribution in [3.8, 4) is 0 Å². The first kappa shape index (κ1) is 16.7. The third-order valence-corrected chi connectivity index (χ3v) is 3.63. The Hall–Kier alpha value is -0.380. The third-order valence-electron chi connectivity index (χ3n) is 3.14. The molecule has 3 heteroatoms. The molecule has 0 bridgehead atoms. The molecular weight excluding hydrogens is 302 g/mol. The van der Waals surface area contributed by atoms with Crippen molar-refractivity contribution >= 4 is 15.9 Å². The van der Waals surface area contributed by atoms with Crippen molar-refractivity contribution in [1.29, 1.82) is 0 Å². The molecule has 0 aromatic heterocycles. The monoisotopic (exact) mass is 327 g/mol. The highest BCUT2D eigenvalue weighted by Gasteiger charge is 2.00. The highest BCUT2D eigenvalue weighted by Crippen LogP contribution is 2.12. The Morgan fingerprint density at radius 3 is 2.89 bits per heavy atom. The molecule has 1 unspecified atom stereocenters. The van der Waals surface area contributed by atoms with Crippen molar-refractivity contribution in [3.63, 3.8) is 0 Å². The number of benzene rings is 1. The van der Waals surface area contributed by atoms with E-state index in [2.05, 4.69) is 47.2 Å². The Bertz CT molecular complexity index is 343. The molecule has 0 aliphatic carbocycles. The van der Waals surface area contributed by atoms with Crippen LogP contribution in [0.5, 0.6) is 0 Å². The quantitative estimate of drug-likeness (QED) is 0.638. The second kappa shape index (κ2) is 10.4. The van der Waals surface area contributed by atoms with Crippen LogP contribution in [0.4, 0.5) is 0 Å². The Morgan fingerprint density at radius 2 is 2.16 bits per heavy atom. The minimum atomic E-state index is 0.598. The van der Waals surface area contributed by atoms with Crippen LogP contribution in [0.1, 0.15) is 45.1 Å². The van der Waals surface area contributed by atoms with E-state index in [0.717, 1.165) is 17.6 Å². The van der Waals surface area contributed by atoms with Gasteiger partial charge >= 0.3 is 0 Å². The number of hydrogen-bond donors (Lipinski definition) is 1. The molecular formula is C16H26BrNO. The summed E-state index contributed by atoms with van der Waals surface area (Å²) >= 11 is 3.47. The van der Waals surface area contributed by atoms with Crippen molar-refractivity contribution in [1.82, 2.24) is 5.32 Å². The maximum absolute atomic E-state index is 5.67. The summed E-state index contributed by atoms with van der Waals surface area (Å²) in [7, 11) is 0. The van der Waals surface area contributed by atoms with Crippen LogP contribution < -0.4 is 5.32 Å². The van der Waals surface area contributed by atoms with E-state index in [1.54, 1.807) is 0 Å². The van der Waals surface area contributed by atoms with E-state index in [0.29, 0.717) is 12.6 Å². The first-order valence-electron chi connectivity index (χ1n) is 7.28. The molecule has 1 atom stereocenters. The summed E-state index contributed by atoms with van der Waals surface area (Å²) in [5.74, 6) is 0. The summed E-state index contributed by atoms with van der Waals surface area (Å²) in [6.07, 6.45) is 5.22. The highest BCUT2D eigenvalue weighted by atomic mass is 79.9. The van der Waals surface area contributed by atoms with Crippen molar-refractivity contribution in [2.75, 3.05) is 13.2 Å². The lowest BCUT2D eigenvalue weighted by Crippen LogP contribution is -2.29. The molecule has 0 radical (unpaired) electrons. The van der Waals surface area contributed by atoms with E-state index in [1.807, 2.05) is 12.1 Å². The van der Waals surface area contributed by atoms with Crippen molar-refractivity contribution in [2.24, 2.45) is 0 Å². The Morgan fingerprint density at radius 1 is 1.32 bits per heavy atom. The number of rotatable bonds is 10. The Balaban J connectivity index is 2.02. The lowest BCUT2D eigenvalue weighted by molar-refractivity contribution is 0.120. The van der Waals surface area contributed by atoms with Crippen molar-refractivity contribution in [2.45, 2.75) is 52.2 Å². The number of nitrogens with one attached hydrogen (secondary N) is 1. The predicted molar refractivity (Wildman–Crippen MR) is 85.4 cm³/mol. The van der Waals surface area contributed by atoms with Gasteiger partial charge < -0.3 is 10.1 Å². The van der Waals surface area contributed by atoms with Crippen LogP contribution in [0.3, 0.4) is 0 Å². The molecule has 0 aliphatic heterocycles. The topological polar surface area (TPSA) is 21.3 Å². The average molecular weight is 328 g/mol. The molecule has 1 aromatic carbocycles. The molecule has 0 aliphatic rings. The summed E-state index contributed by atoms with van der Waals surface area (Å²) in [4.78, 5) is 0. The second-order valence-corrected chi connectivity index (χ2v) is 5.95. The van der Waals surface area contributed by atoms with E-state index >= 15 is 0 Å². The smallest absolute Gasteiger partial charge is 0.0717 e. The number of hydrogen-bond acceptors (Lipinski definition) is 2. The van der Waals surface area contributed by atoms with Gasteiger partial charge in [0.2, 0.25) is 0 Å². The first-order valence-corrected chi connectivity index (χ1v) is 8.07. The molecule has 0 heterocycles. The molecule has 0 saturated carbocycles. The van der Waals surface area contributed by atoms with Gasteiger partial charge in [0.1, 0.15) is 0 Å². The summed E-state index contributed by atoms with van der Waals surface area (Å²) < 4.78 is 6.78. The van der Waals surface area contributed by atoms with E-state index in [1.165, 1.54) is 31.2 Å². The number of halogens is 1. The van der Waals surface area contributed by atoms with Crippen LogP contribution in [0.2, 0.25) is 0 Å². The first-order chi connectivity index (χ1) is 9.22. The fourth-order valence-electron chi connectivity index (χ4n) is 2.00. The Kier molecular flexibility index (Phi) is 9.14. The van der Waals surface area contributed by atoms with Crippen LogP contribution in [-0.4, -0.2) is 19.2 Å². The molecule has 1 aromatic rings. The van der Waals surface area contributed by atoms with E-state index in [4.69, 9.17) is 4.74 Å². The summed E-state index contributed by atoms with van der Waals surface area (Å²) in [6, 6.07) is 8.85. The van der Waals surface area contributed by atoms with Crippen LogP contribution in [0.25, 0.3) is 0 Å². The average Bonchev–Trinajstić information content (AvgIpc) is 2.39. The molecule has 108 valence electrons. The fourth-order valence-corrected chi connectivity index (χ4v) is 2.44. The van der Waals surface area contributed by atoms with Gasteiger partial charge in [-0.3, -0.25) is 0 Å². The third kappa shape index (κ3) is 8.40. The predicted octanol–water partition coefficient (Wildman–Crippen LogP) is 4.52. The van der Waals surface area contributed by atoms with E-state index in [9.17, 15) is 0 Å². The minimum Gasteiger partial charge on any atom is -0.375 e. The molecule has 19 heavy (non-hydrogen) atoms. The van der Waals surface area contributed by atoms with Gasteiger partial charge in [0.15, 0.2) is 0 Å². The minimum absolute atomic E-state index is 0.598. The van der Waals surface area contributed by atoms with Gasteiger partial charge in [0, 0.05) is 17.1 Å². The zero-order valence-electron chi connectivity index (χ0n) is 12.1. The maximum atomic E-state index is 5.67. The maximum Gasteiger partial charge on any atom is 0.0717 e. The van der Waals surface area contributed by atoms with Gasteiger partial charge in [-0.05, 0) is 31.0 Å². The summed E-state index contributed by atoms with van der Waals surface area (Å²) in [5, 5.41) is 3.50. The van der Waals surface area contributed by atoms with Gasteiger partial charge in [-0.15, -0.1) is 0 Å². The van der Waals surface area contributed by atoms with Gasteiger partial charge in [-0.2, -0.15) is 0 Å². The fraction of sp³-hybridized carbons (Fsp3) is 0.625. The highest BCUT2D eigenvalue weighted by molar-refractivity contribution is 9.10. The van der Waals surface area contributed by atoms with Gasteiger partial charge in [-0.1, -0.05) is 54.2 Å². The Labute approximate surface area is 126 Å². The molecule has 2 nitrogen and oxygen atoms in total. The molecule has 0 saturated heterocycles. The summed E-state index contributed by atoms with van der Waals surface area (Å²) in [6.45, 7) is 6.88. The van der Waals surface area contributed by atoms with Crippen LogP contribution in [0.15, 0.2) is 28.7 Å².